The highest BCUT2D eigenvalue weighted by atomic mass is 32.2. The van der Waals surface area contributed by atoms with Crippen LogP contribution in [0.2, 0.25) is 0 Å². The van der Waals surface area contributed by atoms with Crippen LogP contribution in [0.3, 0.4) is 0 Å². The van der Waals surface area contributed by atoms with Crippen molar-refractivity contribution in [2.24, 2.45) is 11.7 Å². The molecule has 1 rings (SSSR count). The first kappa shape index (κ1) is 14.1. The quantitative estimate of drug-likeness (QED) is 0.731. The maximum absolute atomic E-state index is 11.8. The largest absolute Gasteiger partial charge is 0.329 e. The van der Waals surface area contributed by atoms with Crippen LogP contribution in [0.1, 0.15) is 20.3 Å². The second kappa shape index (κ2) is 6.13. The fourth-order valence-electron chi connectivity index (χ4n) is 1.30. The molecule has 0 aliphatic heterocycles. The highest BCUT2D eigenvalue weighted by Gasteiger charge is 2.15. The van der Waals surface area contributed by atoms with Crippen molar-refractivity contribution in [1.29, 1.82) is 0 Å². The third kappa shape index (κ3) is 4.45. The summed E-state index contributed by atoms with van der Waals surface area (Å²) in [5, 5.41) is 3.93. The van der Waals surface area contributed by atoms with Gasteiger partial charge >= 0.3 is 0 Å². The number of sulfonamides is 1. The van der Waals surface area contributed by atoms with E-state index in [0.717, 1.165) is 6.42 Å². The molecular formula is C10H20N4O2S. The van der Waals surface area contributed by atoms with Gasteiger partial charge in [0.1, 0.15) is 4.90 Å². The fraction of sp³-hybridized carbons (Fsp3) is 0.700. The molecule has 0 radical (unpaired) electrons. The maximum atomic E-state index is 11.8. The molecule has 1 heterocycles. The Morgan fingerprint density at radius 3 is 2.82 bits per heavy atom. The van der Waals surface area contributed by atoms with Crippen LogP contribution in [0.25, 0.3) is 0 Å². The standard InChI is InChI=1S/C10H20N4O2S/c1-9(2)3-5-13-17(15,16)10-7-12-14(8-10)6-4-11/h7-9,13H,3-6,11H2,1-2H3. The Labute approximate surface area is 102 Å². The monoisotopic (exact) mass is 260 g/mol. The lowest BCUT2D eigenvalue weighted by atomic mass is 10.1. The van der Waals surface area contributed by atoms with Crippen molar-refractivity contribution in [3.8, 4) is 0 Å². The van der Waals surface area contributed by atoms with Gasteiger partial charge in [-0.05, 0) is 12.3 Å². The zero-order valence-corrected chi connectivity index (χ0v) is 11.1. The summed E-state index contributed by atoms with van der Waals surface area (Å²) in [5.41, 5.74) is 5.37. The molecule has 0 bridgehead atoms. The van der Waals surface area contributed by atoms with E-state index < -0.39 is 10.0 Å². The second-order valence-corrected chi connectivity index (χ2v) is 6.08. The highest BCUT2D eigenvalue weighted by Crippen LogP contribution is 2.07. The molecule has 0 spiro atoms. The Kier molecular flexibility index (Phi) is 5.10. The summed E-state index contributed by atoms with van der Waals surface area (Å²) in [6.07, 6.45) is 3.65. The first-order chi connectivity index (χ1) is 7.95. The van der Waals surface area contributed by atoms with Crippen molar-refractivity contribution in [2.75, 3.05) is 13.1 Å². The number of aromatic nitrogens is 2. The lowest BCUT2D eigenvalue weighted by Gasteiger charge is -2.06. The zero-order chi connectivity index (χ0) is 12.9. The van der Waals surface area contributed by atoms with Crippen molar-refractivity contribution in [3.63, 3.8) is 0 Å². The minimum atomic E-state index is -3.43. The van der Waals surface area contributed by atoms with Crippen molar-refractivity contribution in [3.05, 3.63) is 12.4 Å². The molecule has 3 N–H and O–H groups in total. The smallest absolute Gasteiger partial charge is 0.243 e. The minimum Gasteiger partial charge on any atom is -0.329 e. The third-order valence-corrected chi connectivity index (χ3v) is 3.71. The Morgan fingerprint density at radius 1 is 1.53 bits per heavy atom. The fourth-order valence-corrected chi connectivity index (χ4v) is 2.30. The lowest BCUT2D eigenvalue weighted by molar-refractivity contribution is 0.551. The summed E-state index contributed by atoms with van der Waals surface area (Å²) < 4.78 is 27.7. The van der Waals surface area contributed by atoms with E-state index in [1.54, 1.807) is 0 Å². The summed E-state index contributed by atoms with van der Waals surface area (Å²) >= 11 is 0. The lowest BCUT2D eigenvalue weighted by Crippen LogP contribution is -2.25. The first-order valence-electron chi connectivity index (χ1n) is 5.68. The molecule has 0 aromatic carbocycles. The molecule has 1 aromatic heterocycles. The molecule has 0 unspecified atom stereocenters. The minimum absolute atomic E-state index is 0.190. The number of nitrogens with one attached hydrogen (secondary N) is 1. The van der Waals surface area contributed by atoms with Gasteiger partial charge in [-0.25, -0.2) is 13.1 Å². The van der Waals surface area contributed by atoms with Crippen molar-refractivity contribution < 1.29 is 8.42 Å². The van der Waals surface area contributed by atoms with E-state index in [2.05, 4.69) is 9.82 Å². The van der Waals surface area contributed by atoms with Gasteiger partial charge in [-0.2, -0.15) is 5.10 Å². The molecule has 0 saturated heterocycles. The number of rotatable bonds is 7. The van der Waals surface area contributed by atoms with Crippen molar-refractivity contribution in [2.45, 2.75) is 31.7 Å². The van der Waals surface area contributed by atoms with Gasteiger partial charge in [0.05, 0.1) is 12.7 Å². The zero-order valence-electron chi connectivity index (χ0n) is 10.3. The van der Waals surface area contributed by atoms with E-state index in [1.807, 2.05) is 13.8 Å². The van der Waals surface area contributed by atoms with Crippen LogP contribution in [0, 0.1) is 5.92 Å². The van der Waals surface area contributed by atoms with E-state index in [9.17, 15) is 8.42 Å². The first-order valence-corrected chi connectivity index (χ1v) is 7.16. The molecule has 0 fully saturated rings. The predicted molar refractivity (Wildman–Crippen MR) is 65.9 cm³/mol. The molecule has 0 aliphatic carbocycles. The Balaban J connectivity index is 2.62. The Morgan fingerprint density at radius 2 is 2.24 bits per heavy atom. The number of hydrogen-bond acceptors (Lipinski definition) is 4. The molecule has 0 atom stereocenters. The van der Waals surface area contributed by atoms with Crippen LogP contribution in [-0.4, -0.2) is 31.3 Å². The molecule has 0 saturated carbocycles. The normalized spacial score (nSPS) is 12.2. The second-order valence-electron chi connectivity index (χ2n) is 4.31. The summed E-state index contributed by atoms with van der Waals surface area (Å²) in [6, 6.07) is 0. The van der Waals surface area contributed by atoms with Crippen LogP contribution in [0.5, 0.6) is 0 Å². The van der Waals surface area contributed by atoms with Gasteiger partial charge in [-0.1, -0.05) is 13.8 Å². The highest BCUT2D eigenvalue weighted by molar-refractivity contribution is 7.89. The van der Waals surface area contributed by atoms with Crippen LogP contribution >= 0.6 is 0 Å². The summed E-state index contributed by atoms with van der Waals surface area (Å²) in [7, 11) is -3.43. The van der Waals surface area contributed by atoms with E-state index in [0.29, 0.717) is 25.6 Å². The van der Waals surface area contributed by atoms with Gasteiger partial charge in [0.2, 0.25) is 10.0 Å². The molecule has 6 nitrogen and oxygen atoms in total. The number of nitrogens with zero attached hydrogens (tertiary/aromatic N) is 2. The average Bonchev–Trinajstić information content (AvgIpc) is 2.66. The van der Waals surface area contributed by atoms with Gasteiger partial charge in [0.15, 0.2) is 0 Å². The van der Waals surface area contributed by atoms with E-state index in [-0.39, 0.29) is 4.90 Å². The van der Waals surface area contributed by atoms with Crippen molar-refractivity contribution in [1.82, 2.24) is 14.5 Å². The van der Waals surface area contributed by atoms with E-state index >= 15 is 0 Å². The topological polar surface area (TPSA) is 90.0 Å². The molecule has 0 aliphatic rings. The third-order valence-electron chi connectivity index (χ3n) is 2.29. The summed E-state index contributed by atoms with van der Waals surface area (Å²) in [4.78, 5) is 0.190. The predicted octanol–water partition coefficient (Wildman–Crippen LogP) is 0.166. The Hall–Kier alpha value is -0.920. The van der Waals surface area contributed by atoms with Crippen LogP contribution in [0.15, 0.2) is 17.3 Å². The molecular weight excluding hydrogens is 240 g/mol. The Bertz CT molecular complexity index is 439. The molecule has 98 valence electrons. The summed E-state index contributed by atoms with van der Waals surface area (Å²) in [6.45, 7) is 5.49. The van der Waals surface area contributed by atoms with E-state index in [1.165, 1.54) is 17.1 Å². The van der Waals surface area contributed by atoms with E-state index in [4.69, 9.17) is 5.73 Å². The van der Waals surface area contributed by atoms with Gasteiger partial charge in [-0.3, -0.25) is 4.68 Å². The van der Waals surface area contributed by atoms with Crippen LogP contribution in [-0.2, 0) is 16.6 Å². The van der Waals surface area contributed by atoms with Gasteiger partial charge < -0.3 is 5.73 Å². The SMILES string of the molecule is CC(C)CCNS(=O)(=O)c1cnn(CCN)c1. The van der Waals surface area contributed by atoms with Gasteiger partial charge in [0.25, 0.3) is 0 Å². The van der Waals surface area contributed by atoms with Gasteiger partial charge in [-0.15, -0.1) is 0 Å². The molecule has 1 aromatic rings. The number of nitrogens with two attached hydrogens (primary N) is 1. The molecule has 17 heavy (non-hydrogen) atoms. The number of hydrogen-bond donors (Lipinski definition) is 2. The van der Waals surface area contributed by atoms with Crippen LogP contribution in [0.4, 0.5) is 0 Å². The molecule has 0 amide bonds. The van der Waals surface area contributed by atoms with Crippen molar-refractivity contribution >= 4 is 10.0 Å². The average molecular weight is 260 g/mol. The maximum Gasteiger partial charge on any atom is 0.243 e. The van der Waals surface area contributed by atoms with Crippen LogP contribution < -0.4 is 10.5 Å². The van der Waals surface area contributed by atoms with Gasteiger partial charge in [0, 0.05) is 19.3 Å². The molecule has 7 heteroatoms. The summed E-state index contributed by atoms with van der Waals surface area (Å²) in [5.74, 6) is 0.470.